The van der Waals surface area contributed by atoms with Crippen LogP contribution < -0.4 is 0 Å². The molecule has 1 fully saturated rings. The summed E-state index contributed by atoms with van der Waals surface area (Å²) in [6.45, 7) is 4.99. The van der Waals surface area contributed by atoms with E-state index in [1.807, 2.05) is 6.92 Å². The van der Waals surface area contributed by atoms with Gasteiger partial charge in [-0.05, 0) is 26.3 Å². The summed E-state index contributed by atoms with van der Waals surface area (Å²) < 4.78 is 32.6. The van der Waals surface area contributed by atoms with Gasteiger partial charge in [-0.15, -0.1) is 0 Å². The first-order valence-corrected chi connectivity index (χ1v) is 8.64. The van der Waals surface area contributed by atoms with Crippen LogP contribution in [0.15, 0.2) is 12.4 Å². The molecule has 0 saturated carbocycles. The van der Waals surface area contributed by atoms with E-state index in [0.717, 1.165) is 25.9 Å². The normalized spacial score (nSPS) is 21.0. The number of hydrogen-bond donors (Lipinski definition) is 0. The fourth-order valence-corrected chi connectivity index (χ4v) is 3.48. The molecule has 8 heteroatoms. The minimum atomic E-state index is -3.51. The summed E-state index contributed by atoms with van der Waals surface area (Å²) in [5, 5.41) is 0. The second-order valence-electron chi connectivity index (χ2n) is 5.38. The van der Waals surface area contributed by atoms with Crippen LogP contribution in [0.1, 0.15) is 25.6 Å². The monoisotopic (exact) mass is 316 g/mol. The van der Waals surface area contributed by atoms with E-state index in [-0.39, 0.29) is 6.10 Å². The Morgan fingerprint density at radius 3 is 2.90 bits per heavy atom. The van der Waals surface area contributed by atoms with Gasteiger partial charge in [0.1, 0.15) is 5.82 Å². The topological polar surface area (TPSA) is 67.7 Å². The molecule has 0 aromatic carbocycles. The number of rotatable bonds is 6. The Balaban J connectivity index is 2.09. The largest absolute Gasteiger partial charge is 0.377 e. The predicted molar refractivity (Wildman–Crippen MR) is 80.2 cm³/mol. The van der Waals surface area contributed by atoms with E-state index >= 15 is 0 Å². The number of aromatic nitrogens is 2. The summed E-state index contributed by atoms with van der Waals surface area (Å²) in [6, 6.07) is 0. The van der Waals surface area contributed by atoms with Crippen LogP contribution in [0.3, 0.4) is 0 Å². The highest BCUT2D eigenvalue weighted by molar-refractivity contribution is 7.87. The Labute approximate surface area is 126 Å². The Bertz CT molecular complexity index is 554. The van der Waals surface area contributed by atoms with Crippen LogP contribution in [0.25, 0.3) is 0 Å². The smallest absolute Gasteiger partial charge is 0.308 e. The predicted octanol–water partition coefficient (Wildman–Crippen LogP) is 0.539. The molecule has 1 atom stereocenters. The molecular formula is C13H24N4O3S. The van der Waals surface area contributed by atoms with Gasteiger partial charge in [0.15, 0.2) is 0 Å². The Morgan fingerprint density at radius 2 is 2.24 bits per heavy atom. The lowest BCUT2D eigenvalue weighted by Gasteiger charge is -2.32. The van der Waals surface area contributed by atoms with Crippen molar-refractivity contribution in [1.82, 2.24) is 18.2 Å². The molecule has 1 aromatic heterocycles. The third-order valence-electron chi connectivity index (χ3n) is 3.62. The average Bonchev–Trinajstić information content (AvgIpc) is 2.88. The first-order chi connectivity index (χ1) is 9.95. The summed E-state index contributed by atoms with van der Waals surface area (Å²) >= 11 is 0. The number of imidazole rings is 1. The molecule has 1 aliphatic rings. The number of ether oxygens (including phenoxy) is 1. The van der Waals surface area contributed by atoms with Gasteiger partial charge in [0.2, 0.25) is 0 Å². The molecule has 1 aliphatic heterocycles. The molecule has 0 aliphatic carbocycles. The molecule has 0 N–H and O–H groups in total. The van der Waals surface area contributed by atoms with E-state index in [1.54, 1.807) is 0 Å². The zero-order chi connectivity index (χ0) is 15.5. The van der Waals surface area contributed by atoms with Gasteiger partial charge in [0.25, 0.3) is 0 Å². The second-order valence-corrected chi connectivity index (χ2v) is 7.40. The van der Waals surface area contributed by atoms with Crippen molar-refractivity contribution in [3.8, 4) is 0 Å². The van der Waals surface area contributed by atoms with Crippen LogP contribution in [0.2, 0.25) is 0 Å². The van der Waals surface area contributed by atoms with Crippen LogP contribution in [0.5, 0.6) is 0 Å². The highest BCUT2D eigenvalue weighted by Crippen LogP contribution is 2.16. The average molecular weight is 316 g/mol. The zero-order valence-corrected chi connectivity index (χ0v) is 13.7. The first-order valence-electron chi connectivity index (χ1n) is 7.24. The van der Waals surface area contributed by atoms with Crippen molar-refractivity contribution in [2.75, 3.05) is 33.8 Å². The van der Waals surface area contributed by atoms with Crippen molar-refractivity contribution in [3.63, 3.8) is 0 Å². The molecule has 2 rings (SSSR count). The Hall–Kier alpha value is -0.960. The molecule has 21 heavy (non-hydrogen) atoms. The van der Waals surface area contributed by atoms with E-state index in [0.29, 0.717) is 19.0 Å². The summed E-state index contributed by atoms with van der Waals surface area (Å²) in [5.41, 5.74) is 0. The summed E-state index contributed by atoms with van der Waals surface area (Å²) in [6.07, 6.45) is 5.38. The summed E-state index contributed by atoms with van der Waals surface area (Å²) in [4.78, 5) is 6.41. The van der Waals surface area contributed by atoms with Crippen molar-refractivity contribution in [2.45, 2.75) is 32.4 Å². The Morgan fingerprint density at radius 1 is 1.48 bits per heavy atom. The number of nitrogens with zero attached hydrogens (tertiary/aromatic N) is 4. The maximum atomic E-state index is 12.2. The molecular weight excluding hydrogens is 292 g/mol. The maximum absolute atomic E-state index is 12.2. The van der Waals surface area contributed by atoms with E-state index in [9.17, 15) is 8.42 Å². The molecule has 2 heterocycles. The lowest BCUT2D eigenvalue weighted by molar-refractivity contribution is 0.00293. The minimum Gasteiger partial charge on any atom is -0.377 e. The van der Waals surface area contributed by atoms with Gasteiger partial charge in [0.05, 0.1) is 12.6 Å². The van der Waals surface area contributed by atoms with Crippen molar-refractivity contribution in [1.29, 1.82) is 0 Å². The van der Waals surface area contributed by atoms with E-state index in [4.69, 9.17) is 4.74 Å². The molecule has 1 saturated heterocycles. The van der Waals surface area contributed by atoms with Crippen molar-refractivity contribution < 1.29 is 13.2 Å². The highest BCUT2D eigenvalue weighted by Gasteiger charge is 2.24. The van der Waals surface area contributed by atoms with E-state index < -0.39 is 10.2 Å². The SMILES string of the molecule is CCOC1CCCN(Cc2nccn2S(=O)(=O)N(C)C)C1. The maximum Gasteiger partial charge on any atom is 0.308 e. The molecule has 0 radical (unpaired) electrons. The number of piperidine rings is 1. The lowest BCUT2D eigenvalue weighted by atomic mass is 10.1. The van der Waals surface area contributed by atoms with Crippen molar-refractivity contribution >= 4 is 10.2 Å². The van der Waals surface area contributed by atoms with Crippen LogP contribution >= 0.6 is 0 Å². The third-order valence-corrected chi connectivity index (χ3v) is 5.37. The zero-order valence-electron chi connectivity index (χ0n) is 12.9. The van der Waals surface area contributed by atoms with E-state index in [2.05, 4.69) is 9.88 Å². The fraction of sp³-hybridized carbons (Fsp3) is 0.769. The van der Waals surface area contributed by atoms with Gasteiger partial charge >= 0.3 is 10.2 Å². The highest BCUT2D eigenvalue weighted by atomic mass is 32.2. The second kappa shape index (κ2) is 6.87. The van der Waals surface area contributed by atoms with Crippen LogP contribution in [-0.2, 0) is 21.5 Å². The van der Waals surface area contributed by atoms with E-state index in [1.165, 1.54) is 34.8 Å². The third kappa shape index (κ3) is 3.82. The minimum absolute atomic E-state index is 0.234. The van der Waals surface area contributed by atoms with Crippen LogP contribution in [0.4, 0.5) is 0 Å². The van der Waals surface area contributed by atoms with Gasteiger partial charge in [-0.2, -0.15) is 12.7 Å². The molecule has 1 unspecified atom stereocenters. The molecule has 120 valence electrons. The van der Waals surface area contributed by atoms with Gasteiger partial charge in [0, 0.05) is 39.6 Å². The Kier molecular flexibility index (Phi) is 5.37. The van der Waals surface area contributed by atoms with Crippen molar-refractivity contribution in [2.24, 2.45) is 0 Å². The fourth-order valence-electron chi connectivity index (χ4n) is 2.55. The van der Waals surface area contributed by atoms with Gasteiger partial charge < -0.3 is 4.74 Å². The number of hydrogen-bond acceptors (Lipinski definition) is 5. The quantitative estimate of drug-likeness (QED) is 0.766. The van der Waals surface area contributed by atoms with Gasteiger partial charge in [-0.3, -0.25) is 4.90 Å². The standard InChI is InChI=1S/C13H24N4O3S/c1-4-20-12-6-5-8-16(10-12)11-13-14-7-9-17(13)21(18,19)15(2)3/h7,9,12H,4-6,8,10-11H2,1-3H3. The summed E-state index contributed by atoms with van der Waals surface area (Å²) in [7, 11) is -0.471. The van der Waals surface area contributed by atoms with Gasteiger partial charge in [-0.25, -0.2) is 8.96 Å². The molecule has 0 spiro atoms. The molecule has 1 aromatic rings. The first kappa shape index (κ1) is 16.4. The molecule has 7 nitrogen and oxygen atoms in total. The summed E-state index contributed by atoms with van der Waals surface area (Å²) in [5.74, 6) is 0.542. The van der Waals surface area contributed by atoms with Gasteiger partial charge in [-0.1, -0.05) is 0 Å². The molecule has 0 bridgehead atoms. The molecule has 0 amide bonds. The van der Waals surface area contributed by atoms with Crippen LogP contribution in [-0.4, -0.2) is 66.5 Å². The lowest BCUT2D eigenvalue weighted by Crippen LogP contribution is -2.40. The number of likely N-dealkylation sites (tertiary alicyclic amines) is 1. The van der Waals surface area contributed by atoms with Crippen LogP contribution in [0, 0.1) is 0 Å². The van der Waals surface area contributed by atoms with Crippen molar-refractivity contribution in [3.05, 3.63) is 18.2 Å².